The molecule has 0 fully saturated rings. The molecule has 1 rings (SSSR count). The van der Waals surface area contributed by atoms with Gasteiger partial charge in [-0.3, -0.25) is 4.79 Å². The molecule has 0 heterocycles. The van der Waals surface area contributed by atoms with Gasteiger partial charge in [0.1, 0.15) is 11.0 Å². The molecule has 0 aliphatic rings. The summed E-state index contributed by atoms with van der Waals surface area (Å²) in [7, 11) is -3.31. The standard InChI is InChI=1S/C11H14O3S/c1-9(12)11(15(2,13)14)8-10-6-4-3-5-7-10/h3-7,11H,8H2,1-2H3/t11-/m0/s1. The van der Waals surface area contributed by atoms with Crippen LogP contribution in [0.1, 0.15) is 12.5 Å². The highest BCUT2D eigenvalue weighted by atomic mass is 32.2. The van der Waals surface area contributed by atoms with E-state index in [9.17, 15) is 13.2 Å². The van der Waals surface area contributed by atoms with E-state index < -0.39 is 15.1 Å². The van der Waals surface area contributed by atoms with Crippen molar-refractivity contribution in [2.75, 3.05) is 6.26 Å². The molecule has 0 spiro atoms. The normalized spacial score (nSPS) is 13.5. The average Bonchev–Trinajstić information content (AvgIpc) is 2.13. The maximum Gasteiger partial charge on any atom is 0.157 e. The van der Waals surface area contributed by atoms with E-state index in [1.165, 1.54) is 6.92 Å². The Labute approximate surface area is 90.0 Å². The fraction of sp³-hybridized carbons (Fsp3) is 0.364. The zero-order chi connectivity index (χ0) is 11.5. The maximum atomic E-state index is 11.4. The first-order valence-corrected chi connectivity index (χ1v) is 6.60. The number of hydrogen-bond acceptors (Lipinski definition) is 3. The second kappa shape index (κ2) is 4.57. The minimum atomic E-state index is -3.31. The lowest BCUT2D eigenvalue weighted by Crippen LogP contribution is -2.29. The first-order valence-electron chi connectivity index (χ1n) is 4.64. The van der Waals surface area contributed by atoms with Crippen LogP contribution in [0.4, 0.5) is 0 Å². The topological polar surface area (TPSA) is 51.2 Å². The third kappa shape index (κ3) is 3.47. The number of ketones is 1. The van der Waals surface area contributed by atoms with E-state index in [1.807, 2.05) is 30.3 Å². The summed E-state index contributed by atoms with van der Waals surface area (Å²) >= 11 is 0. The summed E-state index contributed by atoms with van der Waals surface area (Å²) in [6.07, 6.45) is 1.36. The summed E-state index contributed by atoms with van der Waals surface area (Å²) < 4.78 is 22.7. The van der Waals surface area contributed by atoms with Crippen molar-refractivity contribution in [1.82, 2.24) is 0 Å². The number of Topliss-reactive ketones (excluding diaryl/α,β-unsaturated/α-hetero) is 1. The van der Waals surface area contributed by atoms with Crippen molar-refractivity contribution in [3.63, 3.8) is 0 Å². The minimum Gasteiger partial charge on any atom is -0.299 e. The molecule has 0 saturated carbocycles. The molecule has 1 aromatic carbocycles. The predicted octanol–water partition coefficient (Wildman–Crippen LogP) is 1.23. The van der Waals surface area contributed by atoms with Gasteiger partial charge in [0.2, 0.25) is 0 Å². The Hall–Kier alpha value is -1.16. The van der Waals surface area contributed by atoms with E-state index in [0.29, 0.717) is 0 Å². The molecule has 3 nitrogen and oxygen atoms in total. The van der Waals surface area contributed by atoms with Crippen molar-refractivity contribution in [3.05, 3.63) is 35.9 Å². The van der Waals surface area contributed by atoms with Gasteiger partial charge >= 0.3 is 0 Å². The van der Waals surface area contributed by atoms with Crippen LogP contribution in [0.2, 0.25) is 0 Å². The Balaban J connectivity index is 2.92. The second-order valence-corrected chi connectivity index (χ2v) is 5.85. The zero-order valence-electron chi connectivity index (χ0n) is 8.80. The fourth-order valence-electron chi connectivity index (χ4n) is 1.42. The van der Waals surface area contributed by atoms with Gasteiger partial charge in [0.05, 0.1) is 0 Å². The van der Waals surface area contributed by atoms with Crippen LogP contribution in [-0.4, -0.2) is 25.7 Å². The molecule has 0 aromatic heterocycles. The molecular formula is C11H14O3S. The quantitative estimate of drug-likeness (QED) is 0.776. The van der Waals surface area contributed by atoms with E-state index >= 15 is 0 Å². The number of rotatable bonds is 4. The Morgan fingerprint density at radius 1 is 1.27 bits per heavy atom. The van der Waals surface area contributed by atoms with Gasteiger partial charge in [-0.05, 0) is 18.9 Å². The van der Waals surface area contributed by atoms with Gasteiger partial charge in [0.15, 0.2) is 9.84 Å². The van der Waals surface area contributed by atoms with E-state index in [4.69, 9.17) is 0 Å². The van der Waals surface area contributed by atoms with Crippen molar-refractivity contribution in [3.8, 4) is 0 Å². The number of carbonyl (C=O) groups is 1. The molecule has 0 aliphatic heterocycles. The molecule has 1 aromatic rings. The first-order chi connectivity index (χ1) is 6.91. The molecule has 0 amide bonds. The van der Waals surface area contributed by atoms with Crippen LogP contribution in [0.3, 0.4) is 0 Å². The van der Waals surface area contributed by atoms with Gasteiger partial charge in [-0.1, -0.05) is 30.3 Å². The van der Waals surface area contributed by atoms with Crippen LogP contribution in [0.5, 0.6) is 0 Å². The summed E-state index contributed by atoms with van der Waals surface area (Å²) in [4.78, 5) is 11.2. The molecule has 82 valence electrons. The molecule has 4 heteroatoms. The lowest BCUT2D eigenvalue weighted by molar-refractivity contribution is -0.116. The second-order valence-electron chi connectivity index (χ2n) is 3.62. The average molecular weight is 226 g/mol. The monoisotopic (exact) mass is 226 g/mol. The van der Waals surface area contributed by atoms with E-state index in [0.717, 1.165) is 11.8 Å². The summed E-state index contributed by atoms with van der Waals surface area (Å²) in [5.74, 6) is -0.304. The first kappa shape index (κ1) is 11.9. The van der Waals surface area contributed by atoms with Crippen molar-refractivity contribution in [1.29, 1.82) is 0 Å². The van der Waals surface area contributed by atoms with Crippen LogP contribution < -0.4 is 0 Å². The molecule has 15 heavy (non-hydrogen) atoms. The maximum absolute atomic E-state index is 11.4. The SMILES string of the molecule is CC(=O)[C@H](Cc1ccccc1)S(C)(=O)=O. The largest absolute Gasteiger partial charge is 0.299 e. The lowest BCUT2D eigenvalue weighted by atomic mass is 10.1. The summed E-state index contributed by atoms with van der Waals surface area (Å²) in [6, 6.07) is 9.15. The van der Waals surface area contributed by atoms with Gasteiger partial charge in [0, 0.05) is 6.26 Å². The van der Waals surface area contributed by atoms with Crippen LogP contribution in [0, 0.1) is 0 Å². The predicted molar refractivity (Wildman–Crippen MR) is 59.5 cm³/mol. The number of carbonyl (C=O) groups excluding carboxylic acids is 1. The fourth-order valence-corrected chi connectivity index (χ4v) is 2.52. The Morgan fingerprint density at radius 2 is 1.80 bits per heavy atom. The molecule has 0 N–H and O–H groups in total. The molecule has 1 atom stereocenters. The van der Waals surface area contributed by atoms with Crippen LogP contribution in [-0.2, 0) is 21.1 Å². The Bertz CT molecular complexity index is 434. The zero-order valence-corrected chi connectivity index (χ0v) is 9.62. The smallest absolute Gasteiger partial charge is 0.157 e. The highest BCUT2D eigenvalue weighted by Gasteiger charge is 2.25. The Morgan fingerprint density at radius 3 is 2.20 bits per heavy atom. The molecule has 0 bridgehead atoms. The van der Waals surface area contributed by atoms with Crippen LogP contribution in [0.25, 0.3) is 0 Å². The third-order valence-corrected chi connectivity index (χ3v) is 3.77. The number of benzene rings is 1. The molecule has 0 unspecified atom stereocenters. The van der Waals surface area contributed by atoms with Gasteiger partial charge in [-0.2, -0.15) is 0 Å². The highest BCUT2D eigenvalue weighted by Crippen LogP contribution is 2.10. The van der Waals surface area contributed by atoms with Crippen molar-refractivity contribution in [2.45, 2.75) is 18.6 Å². The molecule has 0 aliphatic carbocycles. The third-order valence-electron chi connectivity index (χ3n) is 2.23. The van der Waals surface area contributed by atoms with Gasteiger partial charge in [0.25, 0.3) is 0 Å². The van der Waals surface area contributed by atoms with Gasteiger partial charge in [-0.15, -0.1) is 0 Å². The van der Waals surface area contributed by atoms with Crippen LogP contribution >= 0.6 is 0 Å². The molecule has 0 radical (unpaired) electrons. The minimum absolute atomic E-state index is 0.259. The van der Waals surface area contributed by atoms with E-state index in [2.05, 4.69) is 0 Å². The van der Waals surface area contributed by atoms with Crippen molar-refractivity contribution >= 4 is 15.6 Å². The van der Waals surface area contributed by atoms with Crippen LogP contribution in [0.15, 0.2) is 30.3 Å². The Kier molecular flexibility index (Phi) is 3.63. The van der Waals surface area contributed by atoms with E-state index in [-0.39, 0.29) is 12.2 Å². The molecule has 0 saturated heterocycles. The summed E-state index contributed by atoms with van der Waals surface area (Å²) in [6.45, 7) is 1.31. The van der Waals surface area contributed by atoms with Gasteiger partial charge < -0.3 is 0 Å². The summed E-state index contributed by atoms with van der Waals surface area (Å²) in [5, 5.41) is -0.917. The highest BCUT2D eigenvalue weighted by molar-refractivity contribution is 7.92. The number of sulfone groups is 1. The molecular weight excluding hydrogens is 212 g/mol. The van der Waals surface area contributed by atoms with Crippen molar-refractivity contribution < 1.29 is 13.2 Å². The summed E-state index contributed by atoms with van der Waals surface area (Å²) in [5.41, 5.74) is 0.864. The van der Waals surface area contributed by atoms with E-state index in [1.54, 1.807) is 0 Å². The number of hydrogen-bond donors (Lipinski definition) is 0. The van der Waals surface area contributed by atoms with Crippen molar-refractivity contribution in [2.24, 2.45) is 0 Å². The van der Waals surface area contributed by atoms with Gasteiger partial charge in [-0.25, -0.2) is 8.42 Å². The lowest BCUT2D eigenvalue weighted by Gasteiger charge is -2.11.